The van der Waals surface area contributed by atoms with Crippen LogP contribution in [0.5, 0.6) is 5.75 Å². The molecule has 5 heteroatoms. The molecule has 0 unspecified atom stereocenters. The van der Waals surface area contributed by atoms with Crippen molar-refractivity contribution < 1.29 is 13.2 Å². The lowest BCUT2D eigenvalue weighted by molar-refractivity contribution is 0.105. The van der Waals surface area contributed by atoms with E-state index in [0.717, 1.165) is 6.42 Å². The molecule has 0 saturated heterocycles. The summed E-state index contributed by atoms with van der Waals surface area (Å²) in [6, 6.07) is 6.10. The van der Waals surface area contributed by atoms with Crippen molar-refractivity contribution in [1.82, 2.24) is 0 Å². The van der Waals surface area contributed by atoms with Crippen LogP contribution in [-0.4, -0.2) is 14.0 Å². The SMILES string of the molecule is CCC(C)(C)Oc1ccc(S(N)(=O)=O)cc1. The van der Waals surface area contributed by atoms with Crippen molar-refractivity contribution in [1.29, 1.82) is 0 Å². The van der Waals surface area contributed by atoms with E-state index in [-0.39, 0.29) is 10.5 Å². The maximum atomic E-state index is 11.0. The van der Waals surface area contributed by atoms with Crippen molar-refractivity contribution >= 4 is 10.0 Å². The zero-order chi connectivity index (χ0) is 12.4. The Labute approximate surface area is 96.5 Å². The van der Waals surface area contributed by atoms with Crippen molar-refractivity contribution in [2.75, 3.05) is 0 Å². The van der Waals surface area contributed by atoms with Crippen LogP contribution in [0.2, 0.25) is 0 Å². The molecule has 0 aromatic heterocycles. The van der Waals surface area contributed by atoms with Gasteiger partial charge in [-0.1, -0.05) is 6.92 Å². The largest absolute Gasteiger partial charge is 0.488 e. The molecule has 2 N–H and O–H groups in total. The van der Waals surface area contributed by atoms with Crippen LogP contribution in [0.4, 0.5) is 0 Å². The minimum Gasteiger partial charge on any atom is -0.488 e. The Morgan fingerprint density at radius 3 is 2.12 bits per heavy atom. The molecular formula is C11H17NO3S. The lowest BCUT2D eigenvalue weighted by Crippen LogP contribution is -2.26. The number of sulfonamides is 1. The third-order valence-corrected chi connectivity index (χ3v) is 3.33. The number of rotatable bonds is 4. The van der Waals surface area contributed by atoms with Gasteiger partial charge in [-0.3, -0.25) is 0 Å². The minimum absolute atomic E-state index is 0.0918. The van der Waals surface area contributed by atoms with Crippen LogP contribution in [0.15, 0.2) is 29.2 Å². The third-order valence-electron chi connectivity index (χ3n) is 2.40. The number of hydrogen-bond acceptors (Lipinski definition) is 3. The van der Waals surface area contributed by atoms with Crippen molar-refractivity contribution in [2.24, 2.45) is 5.14 Å². The molecule has 0 atom stereocenters. The molecule has 1 aromatic carbocycles. The van der Waals surface area contributed by atoms with Gasteiger partial charge >= 0.3 is 0 Å². The fourth-order valence-electron chi connectivity index (χ4n) is 1.09. The van der Waals surface area contributed by atoms with Gasteiger partial charge < -0.3 is 4.74 Å². The van der Waals surface area contributed by atoms with Crippen molar-refractivity contribution in [3.8, 4) is 5.75 Å². The average molecular weight is 243 g/mol. The predicted octanol–water partition coefficient (Wildman–Crippen LogP) is 1.90. The number of nitrogens with two attached hydrogens (primary N) is 1. The van der Waals surface area contributed by atoms with Gasteiger partial charge in [0.05, 0.1) is 4.90 Å². The zero-order valence-electron chi connectivity index (χ0n) is 9.73. The fourth-order valence-corrected chi connectivity index (χ4v) is 1.60. The Morgan fingerprint density at radius 1 is 1.25 bits per heavy atom. The molecular weight excluding hydrogens is 226 g/mol. The van der Waals surface area contributed by atoms with E-state index in [4.69, 9.17) is 9.88 Å². The van der Waals surface area contributed by atoms with E-state index in [1.54, 1.807) is 12.1 Å². The van der Waals surface area contributed by atoms with Gasteiger partial charge in [0.15, 0.2) is 0 Å². The van der Waals surface area contributed by atoms with Crippen LogP contribution in [0.1, 0.15) is 27.2 Å². The van der Waals surface area contributed by atoms with Gasteiger partial charge in [-0.05, 0) is 44.5 Å². The second-order valence-electron chi connectivity index (χ2n) is 4.23. The Kier molecular flexibility index (Phi) is 3.60. The Morgan fingerprint density at radius 2 is 1.75 bits per heavy atom. The molecule has 90 valence electrons. The summed E-state index contributed by atoms with van der Waals surface area (Å²) in [6.07, 6.45) is 0.865. The normalized spacial score (nSPS) is 12.5. The van der Waals surface area contributed by atoms with Gasteiger partial charge in [0, 0.05) is 0 Å². The van der Waals surface area contributed by atoms with Gasteiger partial charge in [-0.2, -0.15) is 0 Å². The van der Waals surface area contributed by atoms with Crippen LogP contribution < -0.4 is 9.88 Å². The first-order valence-corrected chi connectivity index (χ1v) is 6.61. The molecule has 1 rings (SSSR count). The predicted molar refractivity (Wildman–Crippen MR) is 62.8 cm³/mol. The lowest BCUT2D eigenvalue weighted by atomic mass is 10.1. The number of benzene rings is 1. The first kappa shape index (κ1) is 13.0. The lowest BCUT2D eigenvalue weighted by Gasteiger charge is -2.24. The number of primary sulfonamides is 1. The number of ether oxygens (including phenoxy) is 1. The highest BCUT2D eigenvalue weighted by molar-refractivity contribution is 7.89. The highest BCUT2D eigenvalue weighted by atomic mass is 32.2. The van der Waals surface area contributed by atoms with Crippen LogP contribution in [0, 0.1) is 0 Å². The van der Waals surface area contributed by atoms with Crippen LogP contribution in [-0.2, 0) is 10.0 Å². The van der Waals surface area contributed by atoms with Gasteiger partial charge in [0.1, 0.15) is 11.4 Å². The molecule has 4 nitrogen and oxygen atoms in total. The first-order chi connectivity index (χ1) is 7.24. The maximum absolute atomic E-state index is 11.0. The summed E-state index contributed by atoms with van der Waals surface area (Å²) in [5, 5.41) is 4.99. The molecule has 1 aromatic rings. The van der Waals surface area contributed by atoms with E-state index in [1.165, 1.54) is 12.1 Å². The summed E-state index contributed by atoms with van der Waals surface area (Å²) >= 11 is 0. The van der Waals surface area contributed by atoms with Crippen molar-refractivity contribution in [2.45, 2.75) is 37.7 Å². The second-order valence-corrected chi connectivity index (χ2v) is 5.79. The molecule has 0 saturated carbocycles. The molecule has 0 spiro atoms. The molecule has 0 aliphatic carbocycles. The molecule has 0 bridgehead atoms. The Balaban J connectivity index is 2.89. The standard InChI is InChI=1S/C11H17NO3S/c1-4-11(2,3)15-9-5-7-10(8-6-9)16(12,13)14/h5-8H,4H2,1-3H3,(H2,12,13,14). The van der Waals surface area contributed by atoms with E-state index in [2.05, 4.69) is 0 Å². The van der Waals surface area contributed by atoms with Crippen LogP contribution >= 0.6 is 0 Å². The molecule has 0 radical (unpaired) electrons. The van der Waals surface area contributed by atoms with Crippen LogP contribution in [0.25, 0.3) is 0 Å². The molecule has 0 fully saturated rings. The summed E-state index contributed by atoms with van der Waals surface area (Å²) in [5.41, 5.74) is -0.261. The summed E-state index contributed by atoms with van der Waals surface area (Å²) in [6.45, 7) is 5.97. The quantitative estimate of drug-likeness (QED) is 0.878. The van der Waals surface area contributed by atoms with E-state index >= 15 is 0 Å². The summed E-state index contributed by atoms with van der Waals surface area (Å²) in [4.78, 5) is 0.0918. The molecule has 0 aliphatic rings. The van der Waals surface area contributed by atoms with Gasteiger partial charge in [0.25, 0.3) is 0 Å². The maximum Gasteiger partial charge on any atom is 0.238 e. The van der Waals surface area contributed by atoms with Crippen molar-refractivity contribution in [3.05, 3.63) is 24.3 Å². The first-order valence-electron chi connectivity index (χ1n) is 5.06. The Bertz CT molecular complexity index is 449. The van der Waals surface area contributed by atoms with Crippen LogP contribution in [0.3, 0.4) is 0 Å². The van der Waals surface area contributed by atoms with Gasteiger partial charge in [-0.15, -0.1) is 0 Å². The minimum atomic E-state index is -3.62. The van der Waals surface area contributed by atoms with E-state index < -0.39 is 10.0 Å². The fraction of sp³-hybridized carbons (Fsp3) is 0.455. The van der Waals surface area contributed by atoms with Crippen molar-refractivity contribution in [3.63, 3.8) is 0 Å². The van der Waals surface area contributed by atoms with E-state index in [1.807, 2.05) is 20.8 Å². The van der Waals surface area contributed by atoms with E-state index in [0.29, 0.717) is 5.75 Å². The molecule has 0 aliphatic heterocycles. The van der Waals surface area contributed by atoms with E-state index in [9.17, 15) is 8.42 Å². The summed E-state index contributed by atoms with van der Waals surface area (Å²) < 4.78 is 27.7. The Hall–Kier alpha value is -1.07. The monoisotopic (exact) mass is 243 g/mol. The summed E-state index contributed by atoms with van der Waals surface area (Å²) in [5.74, 6) is 0.638. The molecule has 0 heterocycles. The third kappa shape index (κ3) is 3.50. The highest BCUT2D eigenvalue weighted by Crippen LogP contribution is 2.21. The zero-order valence-corrected chi connectivity index (χ0v) is 10.5. The summed E-state index contributed by atoms with van der Waals surface area (Å²) in [7, 11) is -3.62. The highest BCUT2D eigenvalue weighted by Gasteiger charge is 2.17. The molecule has 0 amide bonds. The molecule has 16 heavy (non-hydrogen) atoms. The van der Waals surface area contributed by atoms with Gasteiger partial charge in [-0.25, -0.2) is 13.6 Å². The second kappa shape index (κ2) is 4.43. The van der Waals surface area contributed by atoms with Gasteiger partial charge in [0.2, 0.25) is 10.0 Å². The smallest absolute Gasteiger partial charge is 0.238 e. The number of hydrogen-bond donors (Lipinski definition) is 1. The topological polar surface area (TPSA) is 69.4 Å². The average Bonchev–Trinajstić information content (AvgIpc) is 2.16.